The molecule has 0 spiro atoms. The number of benzene rings is 2. The molecule has 0 fully saturated rings. The minimum atomic E-state index is 0.367. The first-order valence-corrected chi connectivity index (χ1v) is 8.34. The van der Waals surface area contributed by atoms with Crippen molar-refractivity contribution in [1.29, 1.82) is 0 Å². The Morgan fingerprint density at radius 3 is 2.35 bits per heavy atom. The van der Waals surface area contributed by atoms with Crippen molar-refractivity contribution in [3.05, 3.63) is 57.6 Å². The van der Waals surface area contributed by atoms with E-state index in [-0.39, 0.29) is 0 Å². The molecule has 20 heavy (non-hydrogen) atoms. The molecule has 0 heterocycles. The Kier molecular flexibility index (Phi) is 5.30. The molecule has 0 aromatic heterocycles. The Morgan fingerprint density at radius 2 is 1.75 bits per heavy atom. The molecular weight excluding hydrogens is 330 g/mol. The van der Waals surface area contributed by atoms with Crippen LogP contribution in [-0.4, -0.2) is 7.05 Å². The first-order valence-electron chi connectivity index (χ1n) is 6.73. The maximum atomic E-state index is 3.69. The van der Waals surface area contributed by atoms with Crippen LogP contribution in [0.25, 0.3) is 0 Å². The smallest absolute Gasteiger partial charge is 0.0318 e. The molecule has 1 unspecified atom stereocenters. The van der Waals surface area contributed by atoms with Crippen molar-refractivity contribution in [2.75, 3.05) is 7.05 Å². The highest BCUT2D eigenvalue weighted by Gasteiger charge is 2.08. The molecule has 2 aromatic carbocycles. The molecule has 3 heteroatoms. The number of halogens is 1. The van der Waals surface area contributed by atoms with E-state index in [1.165, 1.54) is 26.5 Å². The van der Waals surface area contributed by atoms with Crippen molar-refractivity contribution in [1.82, 2.24) is 5.32 Å². The number of rotatable bonds is 4. The largest absolute Gasteiger partial charge is 0.313 e. The van der Waals surface area contributed by atoms with E-state index in [2.05, 4.69) is 78.4 Å². The van der Waals surface area contributed by atoms with Crippen LogP contribution in [0.3, 0.4) is 0 Å². The summed E-state index contributed by atoms with van der Waals surface area (Å²) in [4.78, 5) is 2.56. The highest BCUT2D eigenvalue weighted by Crippen LogP contribution is 2.36. The van der Waals surface area contributed by atoms with Gasteiger partial charge in [0.1, 0.15) is 0 Å². The summed E-state index contributed by atoms with van der Waals surface area (Å²) in [5.41, 5.74) is 3.93. The Balaban J connectivity index is 2.25. The van der Waals surface area contributed by atoms with Gasteiger partial charge in [-0.05, 0) is 73.1 Å². The molecule has 1 nitrogen and oxygen atoms in total. The average Bonchev–Trinajstić information content (AvgIpc) is 2.42. The lowest BCUT2D eigenvalue weighted by Crippen LogP contribution is -2.12. The predicted molar refractivity (Wildman–Crippen MR) is 91.7 cm³/mol. The molecule has 0 saturated carbocycles. The molecule has 2 rings (SSSR count). The fourth-order valence-corrected chi connectivity index (χ4v) is 3.59. The summed E-state index contributed by atoms with van der Waals surface area (Å²) in [6, 6.07) is 13.5. The zero-order valence-electron chi connectivity index (χ0n) is 12.3. The topological polar surface area (TPSA) is 12.0 Å². The van der Waals surface area contributed by atoms with Crippen LogP contribution < -0.4 is 5.32 Å². The third-order valence-corrected chi connectivity index (χ3v) is 5.61. The van der Waals surface area contributed by atoms with E-state index in [1.807, 2.05) is 18.8 Å². The Hall–Kier alpha value is -0.770. The quantitative estimate of drug-likeness (QED) is 0.782. The normalized spacial score (nSPS) is 12.4. The average molecular weight is 350 g/mol. The van der Waals surface area contributed by atoms with Crippen molar-refractivity contribution in [3.8, 4) is 0 Å². The lowest BCUT2D eigenvalue weighted by atomic mass is 10.1. The molecule has 0 aliphatic rings. The van der Waals surface area contributed by atoms with Crippen LogP contribution in [0.15, 0.2) is 50.7 Å². The molecule has 0 aliphatic carbocycles. The third kappa shape index (κ3) is 3.66. The number of hydrogen-bond donors (Lipinski definition) is 1. The summed E-state index contributed by atoms with van der Waals surface area (Å²) in [6.07, 6.45) is 0. The van der Waals surface area contributed by atoms with Gasteiger partial charge >= 0.3 is 0 Å². The van der Waals surface area contributed by atoms with Gasteiger partial charge in [0.15, 0.2) is 0 Å². The Morgan fingerprint density at radius 1 is 1.05 bits per heavy atom. The van der Waals surface area contributed by atoms with Crippen LogP contribution in [-0.2, 0) is 0 Å². The van der Waals surface area contributed by atoms with Crippen LogP contribution in [0, 0.1) is 13.8 Å². The second kappa shape index (κ2) is 6.79. The van der Waals surface area contributed by atoms with E-state index in [0.29, 0.717) is 6.04 Å². The van der Waals surface area contributed by atoms with Gasteiger partial charge in [-0.15, -0.1) is 0 Å². The highest BCUT2D eigenvalue weighted by molar-refractivity contribution is 9.10. The van der Waals surface area contributed by atoms with E-state index in [9.17, 15) is 0 Å². The molecule has 106 valence electrons. The number of nitrogens with one attached hydrogen (secondary N) is 1. The minimum Gasteiger partial charge on any atom is -0.313 e. The molecule has 0 aliphatic heterocycles. The third-order valence-electron chi connectivity index (χ3n) is 3.44. The van der Waals surface area contributed by atoms with Crippen molar-refractivity contribution in [2.24, 2.45) is 0 Å². The molecule has 0 radical (unpaired) electrons. The van der Waals surface area contributed by atoms with Crippen molar-refractivity contribution < 1.29 is 0 Å². The standard InChI is InChI=1S/C17H20BrNS/c1-11-5-7-16(12(2)9-11)20-17-8-6-14(10-15(17)18)13(3)19-4/h5-10,13,19H,1-4H3. The van der Waals surface area contributed by atoms with Gasteiger partial charge in [-0.2, -0.15) is 0 Å². The molecular formula is C17H20BrNS. The van der Waals surface area contributed by atoms with E-state index in [0.717, 1.165) is 4.47 Å². The lowest BCUT2D eigenvalue weighted by Gasteiger charge is -2.13. The molecule has 0 saturated heterocycles. The molecule has 1 atom stereocenters. The zero-order valence-corrected chi connectivity index (χ0v) is 14.7. The zero-order chi connectivity index (χ0) is 14.7. The van der Waals surface area contributed by atoms with Crippen LogP contribution in [0.2, 0.25) is 0 Å². The van der Waals surface area contributed by atoms with E-state index < -0.39 is 0 Å². The molecule has 0 amide bonds. The van der Waals surface area contributed by atoms with Gasteiger partial charge in [0, 0.05) is 20.3 Å². The summed E-state index contributed by atoms with van der Waals surface area (Å²) in [6.45, 7) is 6.46. The molecule has 1 N–H and O–H groups in total. The second-order valence-electron chi connectivity index (χ2n) is 5.07. The SMILES string of the molecule is CNC(C)c1ccc(Sc2ccc(C)cc2C)c(Br)c1. The summed E-state index contributed by atoms with van der Waals surface area (Å²) < 4.78 is 1.15. The van der Waals surface area contributed by atoms with Crippen LogP contribution >= 0.6 is 27.7 Å². The maximum Gasteiger partial charge on any atom is 0.0318 e. The van der Waals surface area contributed by atoms with E-state index in [1.54, 1.807) is 0 Å². The van der Waals surface area contributed by atoms with Gasteiger partial charge in [0.05, 0.1) is 0 Å². The number of hydrogen-bond acceptors (Lipinski definition) is 2. The van der Waals surface area contributed by atoms with Gasteiger partial charge in [0.2, 0.25) is 0 Å². The van der Waals surface area contributed by atoms with Crippen LogP contribution in [0.1, 0.15) is 29.7 Å². The lowest BCUT2D eigenvalue weighted by molar-refractivity contribution is 0.651. The molecule has 0 bridgehead atoms. The van der Waals surface area contributed by atoms with E-state index in [4.69, 9.17) is 0 Å². The fraction of sp³-hybridized carbons (Fsp3) is 0.294. The summed E-state index contributed by atoms with van der Waals surface area (Å²) >= 11 is 5.50. The summed E-state index contributed by atoms with van der Waals surface area (Å²) in [7, 11) is 1.98. The minimum absolute atomic E-state index is 0.367. The molecule has 2 aromatic rings. The van der Waals surface area contributed by atoms with E-state index >= 15 is 0 Å². The van der Waals surface area contributed by atoms with Gasteiger partial charge in [0.25, 0.3) is 0 Å². The van der Waals surface area contributed by atoms with Gasteiger partial charge in [-0.3, -0.25) is 0 Å². The Labute approximate surface area is 134 Å². The predicted octanol–water partition coefficient (Wildman–Crippen LogP) is 5.50. The first kappa shape index (κ1) is 15.6. The Bertz CT molecular complexity index is 610. The van der Waals surface area contributed by atoms with Crippen LogP contribution in [0.4, 0.5) is 0 Å². The van der Waals surface area contributed by atoms with Crippen molar-refractivity contribution in [3.63, 3.8) is 0 Å². The fourth-order valence-electron chi connectivity index (χ4n) is 2.07. The van der Waals surface area contributed by atoms with Crippen molar-refractivity contribution in [2.45, 2.75) is 36.6 Å². The monoisotopic (exact) mass is 349 g/mol. The van der Waals surface area contributed by atoms with Crippen LogP contribution in [0.5, 0.6) is 0 Å². The van der Waals surface area contributed by atoms with Crippen molar-refractivity contribution >= 4 is 27.7 Å². The van der Waals surface area contributed by atoms with Gasteiger partial charge in [-0.25, -0.2) is 0 Å². The summed E-state index contributed by atoms with van der Waals surface area (Å²) in [5.74, 6) is 0. The van der Waals surface area contributed by atoms with Gasteiger partial charge < -0.3 is 5.32 Å². The summed E-state index contributed by atoms with van der Waals surface area (Å²) in [5, 5.41) is 3.27. The van der Waals surface area contributed by atoms with Gasteiger partial charge in [-0.1, -0.05) is 35.5 Å². The highest BCUT2D eigenvalue weighted by atomic mass is 79.9. The first-order chi connectivity index (χ1) is 9.51. The second-order valence-corrected chi connectivity index (χ2v) is 7.01. The number of aryl methyl sites for hydroxylation is 2. The maximum absolute atomic E-state index is 3.69.